The fraction of sp³-hybridized carbons (Fsp3) is 0.615. The van der Waals surface area contributed by atoms with Crippen LogP contribution in [0.4, 0.5) is 0 Å². The molecule has 0 aromatic carbocycles. The van der Waals surface area contributed by atoms with Crippen LogP contribution in [-0.4, -0.2) is 37.1 Å². The lowest BCUT2D eigenvalue weighted by molar-refractivity contribution is 0.238. The van der Waals surface area contributed by atoms with Gasteiger partial charge in [0, 0.05) is 25.3 Å². The summed E-state index contributed by atoms with van der Waals surface area (Å²) in [4.78, 5) is 3.96. The molecule has 3 N–H and O–H groups in total. The molecule has 118 valence electrons. The Kier molecular flexibility index (Phi) is 5.56. The summed E-state index contributed by atoms with van der Waals surface area (Å²) in [5.74, 6) is 5.93. The van der Waals surface area contributed by atoms with Crippen molar-refractivity contribution in [2.24, 2.45) is 11.8 Å². The Labute approximate surface area is 130 Å². The molecule has 1 fully saturated rings. The van der Waals surface area contributed by atoms with Crippen molar-refractivity contribution in [2.45, 2.75) is 25.3 Å². The Hall–Kier alpha value is -0.730. The predicted octanol–water partition coefficient (Wildman–Crippen LogP) is 1.30. The summed E-state index contributed by atoms with van der Waals surface area (Å²) >= 11 is 5.90. The lowest BCUT2D eigenvalue weighted by Gasteiger charge is -2.33. The van der Waals surface area contributed by atoms with E-state index in [0.717, 1.165) is 24.8 Å². The predicted molar refractivity (Wildman–Crippen MR) is 83.1 cm³/mol. The molecule has 0 radical (unpaired) electrons. The van der Waals surface area contributed by atoms with E-state index in [4.69, 9.17) is 17.4 Å². The Bertz CT molecular complexity index is 581. The van der Waals surface area contributed by atoms with Gasteiger partial charge in [-0.25, -0.2) is 17.7 Å². The van der Waals surface area contributed by atoms with Crippen molar-refractivity contribution < 1.29 is 8.42 Å². The second-order valence-corrected chi connectivity index (χ2v) is 7.87. The number of sulfonamides is 1. The number of hydrazine groups is 1. The largest absolute Gasteiger partial charge is 0.271 e. The van der Waals surface area contributed by atoms with Gasteiger partial charge in [-0.3, -0.25) is 11.3 Å². The van der Waals surface area contributed by atoms with E-state index in [1.807, 2.05) is 6.07 Å². The number of piperidine rings is 1. The molecule has 8 heteroatoms. The number of halogens is 1. The van der Waals surface area contributed by atoms with Crippen molar-refractivity contribution in [1.82, 2.24) is 14.7 Å². The SMILES string of the molecule is CS(=O)(=O)N1CCCC(CC(NN)c2ccnc(Cl)c2)C1. The topological polar surface area (TPSA) is 88.3 Å². The maximum atomic E-state index is 11.7. The van der Waals surface area contributed by atoms with Gasteiger partial charge < -0.3 is 0 Å². The molecule has 1 aliphatic heterocycles. The Morgan fingerprint density at radius 3 is 3.00 bits per heavy atom. The zero-order valence-corrected chi connectivity index (χ0v) is 13.6. The van der Waals surface area contributed by atoms with Gasteiger partial charge in [-0.2, -0.15) is 0 Å². The molecule has 0 saturated carbocycles. The molecular weight excluding hydrogens is 312 g/mol. The summed E-state index contributed by atoms with van der Waals surface area (Å²) in [6.45, 7) is 1.16. The molecule has 2 atom stereocenters. The van der Waals surface area contributed by atoms with Crippen molar-refractivity contribution >= 4 is 21.6 Å². The third-order valence-electron chi connectivity index (χ3n) is 3.87. The molecule has 21 heavy (non-hydrogen) atoms. The van der Waals surface area contributed by atoms with E-state index in [1.165, 1.54) is 6.26 Å². The zero-order valence-electron chi connectivity index (χ0n) is 12.0. The molecule has 1 aromatic heterocycles. The van der Waals surface area contributed by atoms with Crippen LogP contribution < -0.4 is 11.3 Å². The molecule has 2 unspecified atom stereocenters. The number of pyridine rings is 1. The average Bonchev–Trinajstić information content (AvgIpc) is 2.44. The first-order chi connectivity index (χ1) is 9.90. The monoisotopic (exact) mass is 332 g/mol. The minimum Gasteiger partial charge on any atom is -0.271 e. The maximum absolute atomic E-state index is 11.7. The van der Waals surface area contributed by atoms with Gasteiger partial charge in [-0.15, -0.1) is 0 Å². The summed E-state index contributed by atoms with van der Waals surface area (Å²) in [5, 5.41) is 0.425. The molecule has 1 aromatic rings. The number of nitrogens with zero attached hydrogens (tertiary/aromatic N) is 2. The lowest BCUT2D eigenvalue weighted by atomic mass is 9.90. The summed E-state index contributed by atoms with van der Waals surface area (Å²) in [5.41, 5.74) is 3.76. The van der Waals surface area contributed by atoms with E-state index in [2.05, 4.69) is 10.4 Å². The fourth-order valence-corrected chi connectivity index (χ4v) is 3.91. The van der Waals surface area contributed by atoms with Gasteiger partial charge in [0.25, 0.3) is 0 Å². The molecule has 1 aliphatic rings. The first kappa shape index (κ1) is 16.6. The van der Waals surface area contributed by atoms with Gasteiger partial charge in [-0.05, 0) is 42.9 Å². The van der Waals surface area contributed by atoms with E-state index in [1.54, 1.807) is 16.6 Å². The molecule has 2 heterocycles. The van der Waals surface area contributed by atoms with E-state index < -0.39 is 10.0 Å². The van der Waals surface area contributed by atoms with Gasteiger partial charge in [0.05, 0.1) is 6.26 Å². The number of rotatable bonds is 5. The van der Waals surface area contributed by atoms with Crippen LogP contribution in [0.5, 0.6) is 0 Å². The van der Waals surface area contributed by atoms with Crippen molar-refractivity contribution in [3.63, 3.8) is 0 Å². The van der Waals surface area contributed by atoms with E-state index in [0.29, 0.717) is 18.2 Å². The standard InChI is InChI=1S/C13H21ClN4O2S/c1-21(19,20)18-6-2-3-10(9-18)7-12(17-15)11-4-5-16-13(14)8-11/h4-5,8,10,12,17H,2-3,6-7,9,15H2,1H3. The van der Waals surface area contributed by atoms with Gasteiger partial charge in [0.2, 0.25) is 10.0 Å². The second kappa shape index (κ2) is 7.02. The highest BCUT2D eigenvalue weighted by Crippen LogP contribution is 2.28. The maximum Gasteiger partial charge on any atom is 0.211 e. The van der Waals surface area contributed by atoms with E-state index in [-0.39, 0.29) is 12.0 Å². The van der Waals surface area contributed by atoms with Crippen LogP contribution in [0.3, 0.4) is 0 Å². The van der Waals surface area contributed by atoms with Crippen molar-refractivity contribution in [3.8, 4) is 0 Å². The van der Waals surface area contributed by atoms with Crippen molar-refractivity contribution in [2.75, 3.05) is 19.3 Å². The average molecular weight is 333 g/mol. The van der Waals surface area contributed by atoms with Crippen LogP contribution in [0.2, 0.25) is 5.15 Å². The summed E-state index contributed by atoms with van der Waals surface area (Å²) in [7, 11) is -3.12. The number of nitrogens with two attached hydrogens (primary N) is 1. The van der Waals surface area contributed by atoms with Gasteiger partial charge >= 0.3 is 0 Å². The zero-order chi connectivity index (χ0) is 15.5. The fourth-order valence-electron chi connectivity index (χ4n) is 2.79. The molecule has 0 bridgehead atoms. The molecule has 1 saturated heterocycles. The van der Waals surface area contributed by atoms with Crippen LogP contribution in [0, 0.1) is 5.92 Å². The number of hydrogen-bond acceptors (Lipinski definition) is 5. The molecule has 0 amide bonds. The lowest BCUT2D eigenvalue weighted by Crippen LogP contribution is -2.41. The van der Waals surface area contributed by atoms with E-state index in [9.17, 15) is 8.42 Å². The third kappa shape index (κ3) is 4.62. The highest BCUT2D eigenvalue weighted by Gasteiger charge is 2.27. The molecular formula is C13H21ClN4O2S. The summed E-state index contributed by atoms with van der Waals surface area (Å²) in [6.07, 6.45) is 5.56. The van der Waals surface area contributed by atoms with Gasteiger partial charge in [0.15, 0.2) is 0 Å². The number of nitrogens with one attached hydrogen (secondary N) is 1. The van der Waals surface area contributed by atoms with Crippen molar-refractivity contribution in [3.05, 3.63) is 29.0 Å². The summed E-state index contributed by atoms with van der Waals surface area (Å²) < 4.78 is 24.9. The first-order valence-electron chi connectivity index (χ1n) is 6.93. The highest BCUT2D eigenvalue weighted by atomic mass is 35.5. The molecule has 0 aliphatic carbocycles. The first-order valence-corrected chi connectivity index (χ1v) is 9.15. The van der Waals surface area contributed by atoms with Crippen LogP contribution in [-0.2, 0) is 10.0 Å². The third-order valence-corrected chi connectivity index (χ3v) is 5.35. The van der Waals surface area contributed by atoms with E-state index >= 15 is 0 Å². The molecule has 0 spiro atoms. The molecule has 6 nitrogen and oxygen atoms in total. The quantitative estimate of drug-likeness (QED) is 0.482. The van der Waals surface area contributed by atoms with Crippen LogP contribution in [0.25, 0.3) is 0 Å². The van der Waals surface area contributed by atoms with Gasteiger partial charge in [-0.1, -0.05) is 11.6 Å². The van der Waals surface area contributed by atoms with Crippen LogP contribution in [0.1, 0.15) is 30.9 Å². The Morgan fingerprint density at radius 2 is 2.38 bits per heavy atom. The van der Waals surface area contributed by atoms with Gasteiger partial charge in [0.1, 0.15) is 5.15 Å². The second-order valence-electron chi connectivity index (χ2n) is 5.50. The van der Waals surface area contributed by atoms with Crippen molar-refractivity contribution in [1.29, 1.82) is 0 Å². The smallest absolute Gasteiger partial charge is 0.211 e. The summed E-state index contributed by atoms with van der Waals surface area (Å²) in [6, 6.07) is 3.59. The Morgan fingerprint density at radius 1 is 1.62 bits per heavy atom. The Balaban J connectivity index is 2.05. The number of hydrogen-bond donors (Lipinski definition) is 2. The normalized spacial score (nSPS) is 22.1. The highest BCUT2D eigenvalue weighted by molar-refractivity contribution is 7.88. The minimum atomic E-state index is -3.12. The minimum absolute atomic E-state index is 0.0602. The van der Waals surface area contributed by atoms with Crippen LogP contribution >= 0.6 is 11.6 Å². The van der Waals surface area contributed by atoms with Crippen LogP contribution in [0.15, 0.2) is 18.3 Å². The molecule has 2 rings (SSSR count). The number of aromatic nitrogens is 1.